The first-order chi connectivity index (χ1) is 10.1. The van der Waals surface area contributed by atoms with Crippen LogP contribution in [0.2, 0.25) is 0 Å². The molecular weight excluding hydrogens is 268 g/mol. The lowest BCUT2D eigenvalue weighted by molar-refractivity contribution is -0.0412. The van der Waals surface area contributed by atoms with Crippen molar-refractivity contribution < 1.29 is 19.3 Å². The first-order valence-electron chi connectivity index (χ1n) is 7.81. The summed E-state index contributed by atoms with van der Waals surface area (Å²) in [5.74, 6) is 2.86. The van der Waals surface area contributed by atoms with Gasteiger partial charge in [0, 0.05) is 0 Å². The quantitative estimate of drug-likeness (QED) is 0.925. The van der Waals surface area contributed by atoms with Crippen LogP contribution in [0, 0.1) is 11.8 Å². The number of rotatable bonds is 4. The van der Waals surface area contributed by atoms with Crippen LogP contribution in [-0.2, 0) is 4.74 Å². The lowest BCUT2D eigenvalue weighted by atomic mass is 9.82. The highest BCUT2D eigenvalue weighted by atomic mass is 16.7. The van der Waals surface area contributed by atoms with Crippen molar-refractivity contribution in [2.24, 2.45) is 11.8 Å². The third-order valence-corrected chi connectivity index (χ3v) is 4.41. The highest BCUT2D eigenvalue weighted by Gasteiger charge is 2.25. The van der Waals surface area contributed by atoms with Crippen molar-refractivity contribution in [3.63, 3.8) is 0 Å². The van der Waals surface area contributed by atoms with Crippen molar-refractivity contribution in [2.45, 2.75) is 45.3 Å². The minimum absolute atomic E-state index is 0.253. The van der Waals surface area contributed by atoms with Crippen molar-refractivity contribution in [1.29, 1.82) is 0 Å². The molecule has 4 heteroatoms. The molecule has 1 saturated carbocycles. The summed E-state index contributed by atoms with van der Waals surface area (Å²) in [5.41, 5.74) is 0.816. The number of fused-ring (bicyclic) bond motifs is 1. The van der Waals surface area contributed by atoms with Crippen LogP contribution < -0.4 is 9.47 Å². The van der Waals surface area contributed by atoms with Gasteiger partial charge < -0.3 is 19.3 Å². The van der Waals surface area contributed by atoms with E-state index in [4.69, 9.17) is 14.2 Å². The molecule has 1 N–H and O–H groups in total. The second kappa shape index (κ2) is 6.24. The van der Waals surface area contributed by atoms with E-state index in [9.17, 15) is 5.11 Å². The monoisotopic (exact) mass is 292 g/mol. The summed E-state index contributed by atoms with van der Waals surface area (Å²) < 4.78 is 16.6. The summed E-state index contributed by atoms with van der Waals surface area (Å²) >= 11 is 0. The molecule has 0 bridgehead atoms. The number of hydrogen-bond donors (Lipinski definition) is 1. The molecule has 3 atom stereocenters. The van der Waals surface area contributed by atoms with Crippen LogP contribution in [0.1, 0.15) is 44.8 Å². The summed E-state index contributed by atoms with van der Waals surface area (Å²) in [7, 11) is 0. The van der Waals surface area contributed by atoms with E-state index in [1.165, 1.54) is 6.42 Å². The smallest absolute Gasteiger partial charge is 0.231 e. The summed E-state index contributed by atoms with van der Waals surface area (Å²) in [6.45, 7) is 5.15. The van der Waals surface area contributed by atoms with Gasteiger partial charge in [-0.1, -0.05) is 19.9 Å². The summed E-state index contributed by atoms with van der Waals surface area (Å²) in [6, 6.07) is 5.54. The predicted octanol–water partition coefficient (Wildman–Crippen LogP) is 3.29. The zero-order chi connectivity index (χ0) is 14.8. The SMILES string of the molecule is CC1CC(C)CC(OCC(O)c2ccc3c(c2)OCO3)C1. The van der Waals surface area contributed by atoms with Crippen LogP contribution in [0.5, 0.6) is 11.5 Å². The maximum atomic E-state index is 10.3. The van der Waals surface area contributed by atoms with E-state index in [-0.39, 0.29) is 12.9 Å². The molecule has 1 fully saturated rings. The minimum Gasteiger partial charge on any atom is -0.454 e. The lowest BCUT2D eigenvalue weighted by Crippen LogP contribution is -2.27. The first kappa shape index (κ1) is 14.7. The minimum atomic E-state index is -0.618. The van der Waals surface area contributed by atoms with Crippen LogP contribution in [0.4, 0.5) is 0 Å². The van der Waals surface area contributed by atoms with Gasteiger partial charge in [0.15, 0.2) is 11.5 Å². The molecule has 4 nitrogen and oxygen atoms in total. The third kappa shape index (κ3) is 3.50. The van der Waals surface area contributed by atoms with E-state index in [2.05, 4.69) is 13.8 Å². The Hall–Kier alpha value is -1.26. The molecule has 3 rings (SSSR count). The van der Waals surface area contributed by atoms with Crippen LogP contribution in [0.3, 0.4) is 0 Å². The van der Waals surface area contributed by atoms with Gasteiger partial charge in [0.2, 0.25) is 6.79 Å². The first-order valence-corrected chi connectivity index (χ1v) is 7.81. The third-order valence-electron chi connectivity index (χ3n) is 4.41. The molecule has 1 aromatic rings. The molecule has 0 spiro atoms. The van der Waals surface area contributed by atoms with Gasteiger partial charge >= 0.3 is 0 Å². The van der Waals surface area contributed by atoms with Gasteiger partial charge in [0.05, 0.1) is 12.7 Å². The van der Waals surface area contributed by atoms with E-state index in [0.717, 1.165) is 24.2 Å². The van der Waals surface area contributed by atoms with E-state index in [1.54, 1.807) is 0 Å². The van der Waals surface area contributed by atoms with E-state index in [1.807, 2.05) is 18.2 Å². The fourth-order valence-electron chi connectivity index (χ4n) is 3.45. The highest BCUT2D eigenvalue weighted by molar-refractivity contribution is 5.45. The Morgan fingerprint density at radius 3 is 2.62 bits per heavy atom. The maximum Gasteiger partial charge on any atom is 0.231 e. The zero-order valence-electron chi connectivity index (χ0n) is 12.7. The molecule has 1 aromatic carbocycles. The van der Waals surface area contributed by atoms with Crippen molar-refractivity contribution >= 4 is 0 Å². The molecular formula is C17H24O4. The van der Waals surface area contributed by atoms with Crippen LogP contribution in [-0.4, -0.2) is 24.6 Å². The second-order valence-electron chi connectivity index (χ2n) is 6.50. The van der Waals surface area contributed by atoms with Gasteiger partial charge in [-0.25, -0.2) is 0 Å². The molecule has 21 heavy (non-hydrogen) atoms. The Morgan fingerprint density at radius 2 is 1.86 bits per heavy atom. The molecule has 0 amide bonds. The number of hydrogen-bond acceptors (Lipinski definition) is 4. The number of aliphatic hydroxyl groups excluding tert-OH is 1. The fourth-order valence-corrected chi connectivity index (χ4v) is 3.45. The van der Waals surface area contributed by atoms with E-state index in [0.29, 0.717) is 24.2 Å². The average Bonchev–Trinajstić information content (AvgIpc) is 2.91. The fraction of sp³-hybridized carbons (Fsp3) is 0.647. The van der Waals surface area contributed by atoms with Gasteiger partial charge in [-0.05, 0) is 48.8 Å². The molecule has 0 saturated heterocycles. The predicted molar refractivity (Wildman–Crippen MR) is 79.4 cm³/mol. The van der Waals surface area contributed by atoms with Gasteiger partial charge in [-0.3, -0.25) is 0 Å². The largest absolute Gasteiger partial charge is 0.454 e. The van der Waals surface area contributed by atoms with Crippen molar-refractivity contribution in [3.8, 4) is 11.5 Å². The zero-order valence-corrected chi connectivity index (χ0v) is 12.7. The van der Waals surface area contributed by atoms with Crippen LogP contribution in [0.25, 0.3) is 0 Å². The second-order valence-corrected chi connectivity index (χ2v) is 6.50. The normalized spacial score (nSPS) is 29.4. The number of benzene rings is 1. The Labute approximate surface area is 126 Å². The van der Waals surface area contributed by atoms with Crippen molar-refractivity contribution in [2.75, 3.05) is 13.4 Å². The van der Waals surface area contributed by atoms with Gasteiger partial charge in [-0.15, -0.1) is 0 Å². The summed E-state index contributed by atoms with van der Waals surface area (Å²) in [6.07, 6.45) is 3.13. The Bertz CT molecular complexity index is 478. The Balaban J connectivity index is 1.55. The van der Waals surface area contributed by atoms with E-state index < -0.39 is 6.10 Å². The molecule has 2 aliphatic rings. The summed E-state index contributed by atoms with van der Waals surface area (Å²) in [5, 5.41) is 10.3. The molecule has 0 aromatic heterocycles. The average molecular weight is 292 g/mol. The number of aliphatic hydroxyl groups is 1. The molecule has 3 unspecified atom stereocenters. The van der Waals surface area contributed by atoms with Gasteiger partial charge in [0.25, 0.3) is 0 Å². The van der Waals surface area contributed by atoms with Gasteiger partial charge in [-0.2, -0.15) is 0 Å². The van der Waals surface area contributed by atoms with Crippen molar-refractivity contribution in [1.82, 2.24) is 0 Å². The molecule has 1 heterocycles. The van der Waals surface area contributed by atoms with E-state index >= 15 is 0 Å². The number of ether oxygens (including phenoxy) is 3. The standard InChI is InChI=1S/C17H24O4/c1-11-5-12(2)7-14(6-11)19-9-15(18)13-3-4-16-17(8-13)21-10-20-16/h3-4,8,11-12,14-15,18H,5-7,9-10H2,1-2H3. The van der Waals surface area contributed by atoms with Gasteiger partial charge in [0.1, 0.15) is 6.10 Å². The van der Waals surface area contributed by atoms with Crippen molar-refractivity contribution in [3.05, 3.63) is 23.8 Å². The molecule has 0 radical (unpaired) electrons. The Kier molecular flexibility index (Phi) is 4.36. The lowest BCUT2D eigenvalue weighted by Gasteiger charge is -2.31. The molecule has 1 aliphatic heterocycles. The van der Waals surface area contributed by atoms with Crippen LogP contribution >= 0.6 is 0 Å². The maximum absolute atomic E-state index is 10.3. The highest BCUT2D eigenvalue weighted by Crippen LogP contribution is 2.35. The van der Waals surface area contributed by atoms with Crippen LogP contribution in [0.15, 0.2) is 18.2 Å². The molecule has 1 aliphatic carbocycles. The topological polar surface area (TPSA) is 47.9 Å². The Morgan fingerprint density at radius 1 is 1.14 bits per heavy atom. The summed E-state index contributed by atoms with van der Waals surface area (Å²) in [4.78, 5) is 0. The molecule has 116 valence electrons.